The second kappa shape index (κ2) is 11.8. The maximum absolute atomic E-state index is 13.6. The number of hydrogen-bond donors (Lipinski definition) is 0. The molecule has 0 N–H and O–H groups in total. The third-order valence-electron chi connectivity index (χ3n) is 6.47. The van der Waals surface area contributed by atoms with Gasteiger partial charge in [0.2, 0.25) is 5.91 Å². The van der Waals surface area contributed by atoms with Crippen LogP contribution in [0.5, 0.6) is 0 Å². The van der Waals surface area contributed by atoms with E-state index in [-0.39, 0.29) is 37.1 Å². The third-order valence-corrected chi connectivity index (χ3v) is 6.47. The van der Waals surface area contributed by atoms with Gasteiger partial charge < -0.3 is 24.1 Å². The average Bonchev–Trinajstić information content (AvgIpc) is 2.83. The Bertz CT molecular complexity index is 921. The highest BCUT2D eigenvalue weighted by Gasteiger charge is 2.47. The van der Waals surface area contributed by atoms with Crippen LogP contribution < -0.4 is 0 Å². The summed E-state index contributed by atoms with van der Waals surface area (Å²) in [6.07, 6.45) is 1.31. The maximum Gasteiger partial charge on any atom is 0.411 e. The third kappa shape index (κ3) is 6.98. The lowest BCUT2D eigenvalue weighted by atomic mass is 9.93. The van der Waals surface area contributed by atoms with E-state index < -0.39 is 23.8 Å². The molecule has 2 heterocycles. The van der Waals surface area contributed by atoms with Crippen LogP contribution in [-0.2, 0) is 25.7 Å². The van der Waals surface area contributed by atoms with Gasteiger partial charge in [-0.05, 0) is 51.5 Å². The number of rotatable bonds is 6. The molecule has 3 rings (SSSR count). The van der Waals surface area contributed by atoms with Crippen molar-refractivity contribution in [3.05, 3.63) is 35.9 Å². The van der Waals surface area contributed by atoms with Gasteiger partial charge in [0.1, 0.15) is 30.6 Å². The smallest absolute Gasteiger partial charge is 0.411 e. The number of benzene rings is 1. The molecule has 2 fully saturated rings. The van der Waals surface area contributed by atoms with Crippen LogP contribution in [0.25, 0.3) is 0 Å². The van der Waals surface area contributed by atoms with Crippen molar-refractivity contribution in [1.82, 2.24) is 14.7 Å². The molecule has 0 unspecified atom stereocenters. The van der Waals surface area contributed by atoms with Crippen molar-refractivity contribution >= 4 is 24.4 Å². The summed E-state index contributed by atoms with van der Waals surface area (Å²) in [5, 5.41) is 0. The van der Waals surface area contributed by atoms with Crippen LogP contribution in [-0.4, -0.2) is 82.4 Å². The molecule has 198 valence electrons. The molecule has 2 aliphatic heterocycles. The Kier molecular flexibility index (Phi) is 8.98. The van der Waals surface area contributed by atoms with Crippen molar-refractivity contribution in [2.75, 3.05) is 19.6 Å². The Morgan fingerprint density at radius 2 is 1.72 bits per heavy atom. The van der Waals surface area contributed by atoms with Crippen LogP contribution in [0, 0.1) is 5.92 Å². The number of carbonyl (C=O) groups excluding carboxylic acids is 4. The molecule has 0 radical (unpaired) electrons. The lowest BCUT2D eigenvalue weighted by Crippen LogP contribution is -2.67. The summed E-state index contributed by atoms with van der Waals surface area (Å²) in [6, 6.07) is 7.84. The van der Waals surface area contributed by atoms with Crippen molar-refractivity contribution in [2.24, 2.45) is 5.92 Å². The van der Waals surface area contributed by atoms with Gasteiger partial charge in [0.05, 0.1) is 0 Å². The van der Waals surface area contributed by atoms with Gasteiger partial charge in [-0.15, -0.1) is 0 Å². The SMILES string of the molecule is CC(C)C[C@H]1C(=O)N(C2CCN(C(=O)OCc3ccccc3)CC2)C[C@H](C=O)N1C(=O)OC(C)(C)C. The summed E-state index contributed by atoms with van der Waals surface area (Å²) < 4.78 is 11.0. The molecule has 36 heavy (non-hydrogen) atoms. The molecule has 0 aromatic heterocycles. The van der Waals surface area contributed by atoms with E-state index in [1.807, 2.05) is 44.2 Å². The molecule has 2 aliphatic rings. The summed E-state index contributed by atoms with van der Waals surface area (Å²) in [5.74, 6) is -0.0323. The van der Waals surface area contributed by atoms with Gasteiger partial charge in [0, 0.05) is 25.7 Å². The molecule has 2 atom stereocenters. The van der Waals surface area contributed by atoms with Gasteiger partial charge >= 0.3 is 12.2 Å². The molecule has 9 heteroatoms. The van der Waals surface area contributed by atoms with Gasteiger partial charge in [-0.2, -0.15) is 0 Å². The van der Waals surface area contributed by atoms with E-state index in [2.05, 4.69) is 0 Å². The van der Waals surface area contributed by atoms with Crippen molar-refractivity contribution < 1.29 is 28.7 Å². The minimum absolute atomic E-state index is 0.117. The minimum atomic E-state index is -0.782. The van der Waals surface area contributed by atoms with Crippen LogP contribution in [0.15, 0.2) is 30.3 Å². The van der Waals surface area contributed by atoms with Crippen LogP contribution in [0.3, 0.4) is 0 Å². The first-order valence-electron chi connectivity index (χ1n) is 12.7. The molecule has 2 saturated heterocycles. The quantitative estimate of drug-likeness (QED) is 0.550. The fourth-order valence-corrected chi connectivity index (χ4v) is 4.77. The molecular formula is C27H39N3O6. The summed E-state index contributed by atoms with van der Waals surface area (Å²) in [5.41, 5.74) is 0.181. The van der Waals surface area contributed by atoms with Gasteiger partial charge in [-0.25, -0.2) is 9.59 Å². The number of piperazine rings is 1. The number of amides is 3. The highest BCUT2D eigenvalue weighted by molar-refractivity contribution is 5.90. The topological polar surface area (TPSA) is 96.5 Å². The largest absolute Gasteiger partial charge is 0.445 e. The van der Waals surface area contributed by atoms with E-state index in [0.717, 1.165) is 11.8 Å². The van der Waals surface area contributed by atoms with Crippen molar-refractivity contribution in [1.29, 1.82) is 0 Å². The van der Waals surface area contributed by atoms with Crippen molar-refractivity contribution in [3.63, 3.8) is 0 Å². The lowest BCUT2D eigenvalue weighted by Gasteiger charge is -2.48. The fraction of sp³-hybridized carbons (Fsp3) is 0.630. The van der Waals surface area contributed by atoms with Gasteiger partial charge in [-0.3, -0.25) is 9.69 Å². The predicted octanol–water partition coefficient (Wildman–Crippen LogP) is 3.85. The molecule has 3 amide bonds. The highest BCUT2D eigenvalue weighted by Crippen LogP contribution is 2.29. The molecule has 1 aromatic rings. The molecule has 0 spiro atoms. The first kappa shape index (κ1) is 27.5. The zero-order chi connectivity index (χ0) is 26.5. The second-order valence-electron chi connectivity index (χ2n) is 11.0. The predicted molar refractivity (Wildman–Crippen MR) is 134 cm³/mol. The Labute approximate surface area is 213 Å². The normalized spacial score (nSPS) is 21.5. The number of likely N-dealkylation sites (tertiary alicyclic amines) is 1. The molecular weight excluding hydrogens is 462 g/mol. The molecule has 0 saturated carbocycles. The van der Waals surface area contributed by atoms with Crippen LogP contribution in [0.4, 0.5) is 9.59 Å². The lowest BCUT2D eigenvalue weighted by molar-refractivity contribution is -0.150. The van der Waals surface area contributed by atoms with E-state index >= 15 is 0 Å². The summed E-state index contributed by atoms with van der Waals surface area (Å²) in [7, 11) is 0. The maximum atomic E-state index is 13.6. The van der Waals surface area contributed by atoms with Crippen LogP contribution in [0.2, 0.25) is 0 Å². The highest BCUT2D eigenvalue weighted by atomic mass is 16.6. The summed E-state index contributed by atoms with van der Waals surface area (Å²) in [6.45, 7) is 10.5. The summed E-state index contributed by atoms with van der Waals surface area (Å²) in [4.78, 5) is 56.0. The van der Waals surface area contributed by atoms with Crippen LogP contribution >= 0.6 is 0 Å². The number of piperidine rings is 1. The standard InChI is InChI=1S/C27H39N3O6/c1-19(2)15-23-24(32)29(16-22(17-31)30(23)26(34)36-27(3,4)5)21-11-13-28(14-12-21)25(33)35-18-20-9-7-6-8-10-20/h6-10,17,19,21-23H,11-16,18H2,1-5H3/t22-,23+/m1/s1. The summed E-state index contributed by atoms with van der Waals surface area (Å²) >= 11 is 0. The monoisotopic (exact) mass is 501 g/mol. The van der Waals surface area contributed by atoms with E-state index in [1.165, 1.54) is 4.90 Å². The van der Waals surface area contributed by atoms with E-state index in [9.17, 15) is 19.2 Å². The van der Waals surface area contributed by atoms with E-state index in [0.29, 0.717) is 32.4 Å². The molecule has 9 nitrogen and oxygen atoms in total. The molecule has 0 aliphatic carbocycles. The zero-order valence-electron chi connectivity index (χ0n) is 22.0. The van der Waals surface area contributed by atoms with Gasteiger partial charge in [0.25, 0.3) is 0 Å². The van der Waals surface area contributed by atoms with Gasteiger partial charge in [-0.1, -0.05) is 44.2 Å². The van der Waals surface area contributed by atoms with Crippen molar-refractivity contribution in [2.45, 2.75) is 84.2 Å². The number of ether oxygens (including phenoxy) is 2. The number of hydrogen-bond acceptors (Lipinski definition) is 6. The average molecular weight is 502 g/mol. The fourth-order valence-electron chi connectivity index (χ4n) is 4.77. The van der Waals surface area contributed by atoms with Crippen molar-refractivity contribution in [3.8, 4) is 0 Å². The van der Waals surface area contributed by atoms with E-state index in [1.54, 1.807) is 30.6 Å². The Balaban J connectivity index is 1.65. The molecule has 1 aromatic carbocycles. The van der Waals surface area contributed by atoms with Gasteiger partial charge in [0.15, 0.2) is 0 Å². The first-order chi connectivity index (χ1) is 17.0. The zero-order valence-corrected chi connectivity index (χ0v) is 22.0. The number of aldehydes is 1. The second-order valence-corrected chi connectivity index (χ2v) is 11.0. The Hall–Kier alpha value is -3.10. The minimum Gasteiger partial charge on any atom is -0.445 e. The Morgan fingerprint density at radius 1 is 1.08 bits per heavy atom. The number of nitrogens with zero attached hydrogens (tertiary/aromatic N) is 3. The number of carbonyl (C=O) groups is 4. The van der Waals surface area contributed by atoms with E-state index in [4.69, 9.17) is 9.47 Å². The Morgan fingerprint density at radius 3 is 2.28 bits per heavy atom. The van der Waals surface area contributed by atoms with Crippen LogP contribution in [0.1, 0.15) is 59.4 Å². The molecule has 0 bridgehead atoms. The first-order valence-corrected chi connectivity index (χ1v) is 12.7.